The van der Waals surface area contributed by atoms with E-state index in [0.29, 0.717) is 38.3 Å². The fraction of sp³-hybridized carbons (Fsp3) is 0.571. The Morgan fingerprint density at radius 1 is 1.40 bits per heavy atom. The van der Waals surface area contributed by atoms with E-state index in [0.717, 1.165) is 6.42 Å². The van der Waals surface area contributed by atoms with Crippen LogP contribution in [0.1, 0.15) is 19.3 Å². The molecule has 3 unspecified atom stereocenters. The molecule has 0 aromatic heterocycles. The molecule has 0 radical (unpaired) electrons. The first-order valence-electron chi connectivity index (χ1n) is 6.77. The Bertz CT molecular complexity index is 531. The molecule has 0 bridgehead atoms. The average molecular weight is 299 g/mol. The fourth-order valence-electron chi connectivity index (χ4n) is 2.89. The molecule has 20 heavy (non-hydrogen) atoms. The third-order valence-electron chi connectivity index (χ3n) is 3.99. The van der Waals surface area contributed by atoms with Crippen LogP contribution in [0, 0.1) is 5.82 Å². The molecule has 0 saturated carbocycles. The van der Waals surface area contributed by atoms with Gasteiger partial charge in [-0.3, -0.25) is 4.21 Å². The zero-order valence-corrected chi connectivity index (χ0v) is 12.0. The number of rotatable bonds is 2. The highest BCUT2D eigenvalue weighted by Crippen LogP contribution is 2.36. The Balaban J connectivity index is 1.79. The number of nitrogens with two attached hydrogens (primary N) is 1. The van der Waals surface area contributed by atoms with Gasteiger partial charge in [0, 0.05) is 30.6 Å². The zero-order chi connectivity index (χ0) is 14.2. The van der Waals surface area contributed by atoms with Gasteiger partial charge in [-0.25, -0.2) is 4.39 Å². The molecule has 3 rings (SSSR count). The van der Waals surface area contributed by atoms with Gasteiger partial charge in [-0.05, 0) is 31.0 Å². The van der Waals surface area contributed by atoms with Crippen molar-refractivity contribution in [1.29, 1.82) is 0 Å². The summed E-state index contributed by atoms with van der Waals surface area (Å²) in [6.45, 7) is 1.77. The molecular formula is C14H18FNO3S. The van der Waals surface area contributed by atoms with E-state index in [4.69, 9.17) is 15.2 Å². The van der Waals surface area contributed by atoms with Crippen molar-refractivity contribution in [1.82, 2.24) is 0 Å². The van der Waals surface area contributed by atoms with E-state index in [1.807, 2.05) is 0 Å². The van der Waals surface area contributed by atoms with Gasteiger partial charge in [0.2, 0.25) is 0 Å². The molecule has 2 heterocycles. The first-order valence-corrected chi connectivity index (χ1v) is 7.98. The molecule has 2 N–H and O–H groups in total. The largest absolute Gasteiger partial charge is 0.399 e. The predicted molar refractivity (Wildman–Crippen MR) is 74.4 cm³/mol. The molecule has 6 heteroatoms. The molecule has 2 fully saturated rings. The summed E-state index contributed by atoms with van der Waals surface area (Å²) in [5, 5.41) is -0.0939. The van der Waals surface area contributed by atoms with Crippen LogP contribution in [0.3, 0.4) is 0 Å². The minimum Gasteiger partial charge on any atom is -0.399 e. The standard InChI is InChI=1S/C14H18FNO3S/c15-12-7-10(16)1-2-13(12)20(17)11-3-5-19-14(8-11)4-6-18-9-14/h1-2,7,11H,3-6,8-9,16H2. The van der Waals surface area contributed by atoms with Gasteiger partial charge in [-0.2, -0.15) is 0 Å². The van der Waals surface area contributed by atoms with Crippen LogP contribution in [0.2, 0.25) is 0 Å². The van der Waals surface area contributed by atoms with Crippen LogP contribution in [-0.2, 0) is 20.3 Å². The lowest BCUT2D eigenvalue weighted by atomic mass is 9.93. The quantitative estimate of drug-likeness (QED) is 0.847. The lowest BCUT2D eigenvalue weighted by molar-refractivity contribution is -0.0774. The monoisotopic (exact) mass is 299 g/mol. The topological polar surface area (TPSA) is 61.6 Å². The Labute approximate surface area is 119 Å². The molecule has 2 saturated heterocycles. The van der Waals surface area contributed by atoms with E-state index in [-0.39, 0.29) is 15.7 Å². The molecule has 2 aliphatic heterocycles. The van der Waals surface area contributed by atoms with Gasteiger partial charge in [-0.15, -0.1) is 0 Å². The van der Waals surface area contributed by atoms with Gasteiger partial charge in [-0.1, -0.05) is 0 Å². The van der Waals surface area contributed by atoms with E-state index in [1.54, 1.807) is 6.07 Å². The number of benzene rings is 1. The van der Waals surface area contributed by atoms with Crippen LogP contribution in [-0.4, -0.2) is 34.9 Å². The number of hydrogen-bond acceptors (Lipinski definition) is 4. The number of ether oxygens (including phenoxy) is 2. The minimum absolute atomic E-state index is 0.0939. The maximum absolute atomic E-state index is 13.9. The average Bonchev–Trinajstić information content (AvgIpc) is 2.86. The highest BCUT2D eigenvalue weighted by atomic mass is 32.2. The smallest absolute Gasteiger partial charge is 0.141 e. The van der Waals surface area contributed by atoms with Crippen molar-refractivity contribution in [2.45, 2.75) is 35.0 Å². The SMILES string of the molecule is Nc1ccc(S(=O)C2CCOC3(CCOC3)C2)c(F)c1. The number of hydrogen-bond donors (Lipinski definition) is 1. The third-order valence-corrected chi connectivity index (χ3v) is 5.76. The maximum Gasteiger partial charge on any atom is 0.141 e. The van der Waals surface area contributed by atoms with Crippen molar-refractivity contribution in [2.75, 3.05) is 25.6 Å². The van der Waals surface area contributed by atoms with Gasteiger partial charge >= 0.3 is 0 Å². The first kappa shape index (κ1) is 14.0. The van der Waals surface area contributed by atoms with E-state index >= 15 is 0 Å². The van der Waals surface area contributed by atoms with Crippen LogP contribution in [0.5, 0.6) is 0 Å². The first-order chi connectivity index (χ1) is 9.60. The highest BCUT2D eigenvalue weighted by molar-refractivity contribution is 7.85. The highest BCUT2D eigenvalue weighted by Gasteiger charge is 2.43. The Kier molecular flexibility index (Phi) is 3.79. The summed E-state index contributed by atoms with van der Waals surface area (Å²) in [6, 6.07) is 4.33. The third kappa shape index (κ3) is 2.60. The zero-order valence-electron chi connectivity index (χ0n) is 11.1. The van der Waals surface area contributed by atoms with Gasteiger partial charge < -0.3 is 15.2 Å². The summed E-state index contributed by atoms with van der Waals surface area (Å²) in [7, 11) is -1.38. The molecule has 1 aromatic carbocycles. The van der Waals surface area contributed by atoms with Crippen molar-refractivity contribution >= 4 is 16.5 Å². The lowest BCUT2D eigenvalue weighted by Gasteiger charge is -2.36. The van der Waals surface area contributed by atoms with E-state index in [1.165, 1.54) is 12.1 Å². The van der Waals surface area contributed by atoms with E-state index in [9.17, 15) is 8.60 Å². The molecule has 1 spiro atoms. The summed E-state index contributed by atoms with van der Waals surface area (Å²) in [5.74, 6) is -0.494. The normalized spacial score (nSPS) is 31.6. The van der Waals surface area contributed by atoms with Crippen LogP contribution in [0.25, 0.3) is 0 Å². The summed E-state index contributed by atoms with van der Waals surface area (Å²) in [6.07, 6.45) is 2.16. The number of anilines is 1. The second-order valence-electron chi connectivity index (χ2n) is 5.44. The molecule has 0 amide bonds. The van der Waals surface area contributed by atoms with Gasteiger partial charge in [0.05, 0.1) is 27.9 Å². The summed E-state index contributed by atoms with van der Waals surface area (Å²) >= 11 is 0. The number of nitrogen functional groups attached to an aromatic ring is 1. The van der Waals surface area contributed by atoms with Gasteiger partial charge in [0.1, 0.15) is 5.82 Å². The number of halogens is 1. The van der Waals surface area contributed by atoms with Crippen LogP contribution >= 0.6 is 0 Å². The molecular weight excluding hydrogens is 281 g/mol. The van der Waals surface area contributed by atoms with Crippen molar-refractivity contribution in [2.24, 2.45) is 0 Å². The summed E-state index contributed by atoms with van der Waals surface area (Å²) in [4.78, 5) is 0.236. The second-order valence-corrected chi connectivity index (χ2v) is 7.14. The lowest BCUT2D eigenvalue weighted by Crippen LogP contribution is -2.43. The van der Waals surface area contributed by atoms with Crippen molar-refractivity contribution in [3.8, 4) is 0 Å². The Morgan fingerprint density at radius 3 is 2.95 bits per heavy atom. The minimum atomic E-state index is -1.38. The van der Waals surface area contributed by atoms with Crippen LogP contribution in [0.4, 0.5) is 10.1 Å². The predicted octanol–water partition coefficient (Wildman–Crippen LogP) is 1.85. The van der Waals surface area contributed by atoms with Gasteiger partial charge in [0.25, 0.3) is 0 Å². The van der Waals surface area contributed by atoms with Crippen molar-refractivity contribution in [3.05, 3.63) is 24.0 Å². The Hall–Kier alpha value is -0.980. The second kappa shape index (κ2) is 5.42. The van der Waals surface area contributed by atoms with Crippen molar-refractivity contribution in [3.63, 3.8) is 0 Å². The Morgan fingerprint density at radius 2 is 2.25 bits per heavy atom. The van der Waals surface area contributed by atoms with Crippen LogP contribution < -0.4 is 5.73 Å². The molecule has 3 atom stereocenters. The maximum atomic E-state index is 13.9. The fourth-order valence-corrected chi connectivity index (χ4v) is 4.47. The molecule has 0 aliphatic carbocycles. The molecule has 2 aliphatic rings. The summed E-state index contributed by atoms with van der Waals surface area (Å²) < 4.78 is 37.7. The van der Waals surface area contributed by atoms with E-state index < -0.39 is 16.6 Å². The molecule has 1 aromatic rings. The summed E-state index contributed by atoms with van der Waals surface area (Å²) in [5.41, 5.74) is 5.55. The van der Waals surface area contributed by atoms with Crippen molar-refractivity contribution < 1.29 is 18.1 Å². The van der Waals surface area contributed by atoms with E-state index in [2.05, 4.69) is 0 Å². The van der Waals surface area contributed by atoms with Gasteiger partial charge in [0.15, 0.2) is 0 Å². The molecule has 110 valence electrons. The van der Waals surface area contributed by atoms with Crippen LogP contribution in [0.15, 0.2) is 23.1 Å². The molecule has 4 nitrogen and oxygen atoms in total.